The van der Waals surface area contributed by atoms with Gasteiger partial charge in [-0.05, 0) is 17.7 Å². The summed E-state index contributed by atoms with van der Waals surface area (Å²) in [4.78, 5) is 11.9. The van der Waals surface area contributed by atoms with Crippen LogP contribution in [0.2, 0.25) is 0 Å². The van der Waals surface area contributed by atoms with Crippen LogP contribution < -0.4 is 5.32 Å². The van der Waals surface area contributed by atoms with Crippen LogP contribution >= 0.6 is 39.5 Å². The van der Waals surface area contributed by atoms with Crippen LogP contribution in [0.3, 0.4) is 0 Å². The predicted octanol–water partition coefficient (Wildman–Crippen LogP) is 3.16. The lowest BCUT2D eigenvalue weighted by molar-refractivity contribution is 0.0954. The Balaban J connectivity index is 1.82. The van der Waals surface area contributed by atoms with E-state index in [0.717, 1.165) is 23.2 Å². The highest BCUT2D eigenvalue weighted by Crippen LogP contribution is 2.23. The minimum atomic E-state index is 0.0345. The fraction of sp³-hybridized carbons (Fsp3) is 0.462. The van der Waals surface area contributed by atoms with Crippen molar-refractivity contribution in [2.24, 2.45) is 0 Å². The molecule has 1 aromatic rings. The molecule has 5 heteroatoms. The first-order valence-electron chi connectivity index (χ1n) is 5.92. The van der Waals surface area contributed by atoms with E-state index in [9.17, 15) is 4.79 Å². The molecule has 1 unspecified atom stereocenters. The molecule has 18 heavy (non-hydrogen) atoms. The molecule has 1 aromatic carbocycles. The lowest BCUT2D eigenvalue weighted by Crippen LogP contribution is -2.33. The third kappa shape index (κ3) is 4.21. The number of halogens is 1. The fourth-order valence-corrected chi connectivity index (χ4v) is 4.69. The maximum atomic E-state index is 11.9. The van der Waals surface area contributed by atoms with Crippen molar-refractivity contribution in [3.63, 3.8) is 0 Å². The Morgan fingerprint density at radius 3 is 2.72 bits per heavy atom. The summed E-state index contributed by atoms with van der Waals surface area (Å²) in [6.07, 6.45) is 0. The van der Waals surface area contributed by atoms with Crippen molar-refractivity contribution in [2.75, 3.05) is 23.8 Å². The first-order valence-corrected chi connectivity index (χ1v) is 9.24. The molecule has 0 spiro atoms. The number of benzene rings is 1. The number of thioether (sulfide) groups is 2. The Hall–Kier alpha value is -0.130. The van der Waals surface area contributed by atoms with Gasteiger partial charge in [0.05, 0.1) is 0 Å². The number of carbonyl (C=O) groups excluding carboxylic acids is 1. The molecule has 1 heterocycles. The van der Waals surface area contributed by atoms with Crippen molar-refractivity contribution in [3.8, 4) is 0 Å². The summed E-state index contributed by atoms with van der Waals surface area (Å²) >= 11 is 7.34. The van der Waals surface area contributed by atoms with Crippen LogP contribution in [0.5, 0.6) is 0 Å². The third-order valence-electron chi connectivity index (χ3n) is 2.75. The number of carbonyl (C=O) groups is 1. The fourth-order valence-electron chi connectivity index (χ4n) is 1.71. The highest BCUT2D eigenvalue weighted by Gasteiger charge is 2.15. The molecule has 2 rings (SSSR count). The minimum absolute atomic E-state index is 0.0345. The number of amides is 1. The maximum Gasteiger partial charge on any atom is 0.251 e. The summed E-state index contributed by atoms with van der Waals surface area (Å²) in [7, 11) is 0. The zero-order valence-corrected chi connectivity index (χ0v) is 13.2. The second-order valence-electron chi connectivity index (χ2n) is 4.11. The van der Waals surface area contributed by atoms with Gasteiger partial charge in [-0.15, -0.1) is 0 Å². The second-order valence-corrected chi connectivity index (χ2v) is 7.23. The van der Waals surface area contributed by atoms with E-state index < -0.39 is 0 Å². The van der Waals surface area contributed by atoms with Gasteiger partial charge in [0.1, 0.15) is 0 Å². The molecule has 0 radical (unpaired) electrons. The Bertz CT molecular complexity index is 390. The van der Waals surface area contributed by atoms with Crippen molar-refractivity contribution in [3.05, 3.63) is 35.4 Å². The summed E-state index contributed by atoms with van der Waals surface area (Å²) in [5.41, 5.74) is 1.93. The number of alkyl halides is 1. The first kappa shape index (κ1) is 14.3. The zero-order chi connectivity index (χ0) is 12.8. The van der Waals surface area contributed by atoms with Crippen LogP contribution in [0.25, 0.3) is 0 Å². The van der Waals surface area contributed by atoms with Gasteiger partial charge in [-0.3, -0.25) is 4.79 Å². The van der Waals surface area contributed by atoms with Gasteiger partial charge in [-0.1, -0.05) is 28.1 Å². The molecule has 1 saturated heterocycles. The van der Waals surface area contributed by atoms with Gasteiger partial charge < -0.3 is 5.32 Å². The van der Waals surface area contributed by atoms with Crippen molar-refractivity contribution >= 4 is 45.4 Å². The van der Waals surface area contributed by atoms with Gasteiger partial charge in [0.2, 0.25) is 0 Å². The zero-order valence-electron chi connectivity index (χ0n) is 10.0. The van der Waals surface area contributed by atoms with E-state index in [1.807, 2.05) is 47.8 Å². The first-order chi connectivity index (χ1) is 8.79. The number of nitrogens with one attached hydrogen (secondary N) is 1. The molecule has 98 valence electrons. The molecule has 2 nitrogen and oxygen atoms in total. The monoisotopic (exact) mass is 345 g/mol. The molecule has 0 aliphatic carbocycles. The number of hydrogen-bond acceptors (Lipinski definition) is 3. The highest BCUT2D eigenvalue weighted by molar-refractivity contribution is 9.08. The Morgan fingerprint density at radius 1 is 1.33 bits per heavy atom. The van der Waals surface area contributed by atoms with Crippen molar-refractivity contribution in [1.29, 1.82) is 0 Å². The summed E-state index contributed by atoms with van der Waals surface area (Å²) in [5, 5.41) is 4.41. The summed E-state index contributed by atoms with van der Waals surface area (Å²) < 4.78 is 0. The Kier molecular flexibility index (Phi) is 5.92. The second kappa shape index (κ2) is 7.46. The predicted molar refractivity (Wildman–Crippen MR) is 85.0 cm³/mol. The van der Waals surface area contributed by atoms with Crippen LogP contribution in [0.4, 0.5) is 0 Å². The van der Waals surface area contributed by atoms with E-state index in [0.29, 0.717) is 5.25 Å². The molecule has 1 aliphatic heterocycles. The van der Waals surface area contributed by atoms with Crippen LogP contribution in [-0.2, 0) is 5.33 Å². The van der Waals surface area contributed by atoms with Crippen LogP contribution in [0, 0.1) is 0 Å². The lowest BCUT2D eigenvalue weighted by atomic mass is 10.1. The van der Waals surface area contributed by atoms with Crippen molar-refractivity contribution in [2.45, 2.75) is 10.6 Å². The summed E-state index contributed by atoms with van der Waals surface area (Å²) in [6, 6.07) is 7.73. The number of rotatable bonds is 4. The topological polar surface area (TPSA) is 29.1 Å². The Labute approximate surface area is 125 Å². The van der Waals surface area contributed by atoms with Gasteiger partial charge in [-0.2, -0.15) is 23.5 Å². The van der Waals surface area contributed by atoms with Gasteiger partial charge in [0.15, 0.2) is 0 Å². The van der Waals surface area contributed by atoms with E-state index in [4.69, 9.17) is 0 Å². The standard InChI is InChI=1S/C13H16BrNOS2/c14-7-10-1-3-11(4-2-10)13(16)15-8-12-9-17-5-6-18-12/h1-4,12H,5-9H2,(H,15,16). The molecular weight excluding hydrogens is 330 g/mol. The van der Waals surface area contributed by atoms with Crippen molar-refractivity contribution < 1.29 is 4.79 Å². The molecule has 0 saturated carbocycles. The van der Waals surface area contributed by atoms with Gasteiger partial charge >= 0.3 is 0 Å². The molecule has 1 atom stereocenters. The smallest absolute Gasteiger partial charge is 0.251 e. The average Bonchev–Trinajstić information content (AvgIpc) is 2.46. The molecule has 1 amide bonds. The van der Waals surface area contributed by atoms with E-state index in [2.05, 4.69) is 21.2 Å². The number of hydrogen-bond donors (Lipinski definition) is 1. The molecular formula is C13H16BrNOS2. The molecule has 1 N–H and O–H groups in total. The minimum Gasteiger partial charge on any atom is -0.351 e. The SMILES string of the molecule is O=C(NCC1CSCCS1)c1ccc(CBr)cc1. The van der Waals surface area contributed by atoms with E-state index in [1.54, 1.807) is 0 Å². The van der Waals surface area contributed by atoms with Crippen LogP contribution in [0.1, 0.15) is 15.9 Å². The Morgan fingerprint density at radius 2 is 2.11 bits per heavy atom. The molecule has 1 fully saturated rings. The largest absolute Gasteiger partial charge is 0.351 e. The maximum absolute atomic E-state index is 11.9. The van der Waals surface area contributed by atoms with E-state index >= 15 is 0 Å². The van der Waals surface area contributed by atoms with Crippen molar-refractivity contribution in [1.82, 2.24) is 5.32 Å². The normalized spacial score (nSPS) is 19.5. The quantitative estimate of drug-likeness (QED) is 0.850. The summed E-state index contributed by atoms with van der Waals surface area (Å²) in [5.74, 6) is 3.62. The van der Waals surface area contributed by atoms with Crippen LogP contribution in [-0.4, -0.2) is 35.0 Å². The van der Waals surface area contributed by atoms with E-state index in [1.165, 1.54) is 17.1 Å². The van der Waals surface area contributed by atoms with Gasteiger partial charge in [0.25, 0.3) is 5.91 Å². The van der Waals surface area contributed by atoms with Gasteiger partial charge in [0, 0.05) is 39.9 Å². The van der Waals surface area contributed by atoms with Gasteiger partial charge in [-0.25, -0.2) is 0 Å². The third-order valence-corrected chi connectivity index (χ3v) is 6.24. The molecule has 1 aliphatic rings. The molecule has 0 aromatic heterocycles. The molecule has 0 bridgehead atoms. The summed E-state index contributed by atoms with van der Waals surface area (Å²) in [6.45, 7) is 0.774. The van der Waals surface area contributed by atoms with Crippen LogP contribution in [0.15, 0.2) is 24.3 Å². The average molecular weight is 346 g/mol. The lowest BCUT2D eigenvalue weighted by Gasteiger charge is -2.21. The van der Waals surface area contributed by atoms with E-state index in [-0.39, 0.29) is 5.91 Å². The highest BCUT2D eigenvalue weighted by atomic mass is 79.9.